The van der Waals surface area contributed by atoms with Gasteiger partial charge in [-0.25, -0.2) is 22.6 Å². The van der Waals surface area contributed by atoms with Gasteiger partial charge in [0.1, 0.15) is 28.0 Å². The van der Waals surface area contributed by atoms with E-state index in [4.69, 9.17) is 11.6 Å². The van der Waals surface area contributed by atoms with E-state index >= 15 is 0 Å². The molecule has 1 spiro atoms. The van der Waals surface area contributed by atoms with Crippen molar-refractivity contribution < 1.29 is 22.4 Å². The van der Waals surface area contributed by atoms with E-state index in [9.17, 15) is 32.0 Å². The van der Waals surface area contributed by atoms with Crippen LogP contribution >= 0.6 is 11.6 Å². The Morgan fingerprint density at radius 1 is 1.09 bits per heavy atom. The lowest BCUT2D eigenvalue weighted by atomic mass is 9.79. The SMILES string of the molecule is CS(=O)(=O)CCn1c(=O)c(-c2cccc(F)c2Cl)cn(CC(=O)Nc2ccc3c(c2)C[C@@]2(C3)C(=O)Nc3ncccc32)c1=O. The molecule has 226 valence electrons. The molecule has 4 aromatic rings. The van der Waals surface area contributed by atoms with Crippen molar-refractivity contribution in [1.29, 1.82) is 0 Å². The highest BCUT2D eigenvalue weighted by atomic mass is 35.5. The summed E-state index contributed by atoms with van der Waals surface area (Å²) in [6.07, 6.45) is 4.59. The lowest BCUT2D eigenvalue weighted by molar-refractivity contribution is -0.120. The molecule has 3 heterocycles. The topological polar surface area (TPSA) is 149 Å². The first kappa shape index (κ1) is 29.5. The number of carbonyl (C=O) groups is 2. The monoisotopic (exact) mass is 637 g/mol. The van der Waals surface area contributed by atoms with Gasteiger partial charge in [0.15, 0.2) is 0 Å². The van der Waals surface area contributed by atoms with E-state index in [-0.39, 0.29) is 22.1 Å². The molecule has 44 heavy (non-hydrogen) atoms. The first-order chi connectivity index (χ1) is 20.9. The molecule has 0 radical (unpaired) electrons. The number of halogens is 2. The van der Waals surface area contributed by atoms with Crippen LogP contribution in [0.1, 0.15) is 16.7 Å². The second-order valence-electron chi connectivity index (χ2n) is 11.0. The van der Waals surface area contributed by atoms with E-state index in [0.717, 1.165) is 39.8 Å². The van der Waals surface area contributed by atoms with Crippen molar-refractivity contribution in [2.24, 2.45) is 0 Å². The van der Waals surface area contributed by atoms with E-state index in [2.05, 4.69) is 15.6 Å². The number of rotatable bonds is 7. The normalized spacial score (nSPS) is 16.9. The molecule has 1 atom stereocenters. The molecule has 6 rings (SSSR count). The van der Waals surface area contributed by atoms with E-state index in [1.807, 2.05) is 12.1 Å². The summed E-state index contributed by atoms with van der Waals surface area (Å²) in [6, 6.07) is 12.8. The highest BCUT2D eigenvalue weighted by Gasteiger charge is 2.51. The summed E-state index contributed by atoms with van der Waals surface area (Å²) in [5.74, 6) is -1.51. The molecular weight excluding hydrogens is 613 g/mol. The summed E-state index contributed by atoms with van der Waals surface area (Å²) < 4.78 is 39.5. The number of sulfone groups is 1. The van der Waals surface area contributed by atoms with Gasteiger partial charge in [-0.05, 0) is 48.2 Å². The van der Waals surface area contributed by atoms with Gasteiger partial charge < -0.3 is 10.6 Å². The molecule has 14 heteroatoms. The van der Waals surface area contributed by atoms with Crippen LogP contribution in [0.15, 0.2) is 70.5 Å². The summed E-state index contributed by atoms with van der Waals surface area (Å²) in [5, 5.41) is 5.24. The maximum Gasteiger partial charge on any atom is 0.331 e. The third-order valence-corrected chi connectivity index (χ3v) is 9.25. The number of hydrogen-bond donors (Lipinski definition) is 2. The Bertz CT molecular complexity index is 2110. The van der Waals surface area contributed by atoms with Gasteiger partial charge in [0.05, 0.1) is 21.8 Å². The van der Waals surface area contributed by atoms with Gasteiger partial charge in [0.2, 0.25) is 11.8 Å². The van der Waals surface area contributed by atoms with Crippen LogP contribution in [-0.2, 0) is 50.8 Å². The molecule has 2 aliphatic rings. The van der Waals surface area contributed by atoms with Crippen molar-refractivity contribution in [3.05, 3.63) is 109 Å². The first-order valence-corrected chi connectivity index (χ1v) is 16.0. The van der Waals surface area contributed by atoms with E-state index in [1.54, 1.807) is 24.4 Å². The zero-order valence-corrected chi connectivity index (χ0v) is 24.8. The third-order valence-electron chi connectivity index (χ3n) is 7.94. The van der Waals surface area contributed by atoms with Crippen LogP contribution in [0, 0.1) is 5.82 Å². The Morgan fingerprint density at radius 2 is 1.86 bits per heavy atom. The number of hydrogen-bond acceptors (Lipinski definition) is 7. The van der Waals surface area contributed by atoms with Crippen LogP contribution in [0.4, 0.5) is 15.9 Å². The minimum Gasteiger partial charge on any atom is -0.325 e. The molecule has 2 amide bonds. The smallest absolute Gasteiger partial charge is 0.325 e. The molecule has 0 saturated heterocycles. The molecule has 1 aliphatic heterocycles. The molecule has 0 fully saturated rings. The molecule has 2 aromatic carbocycles. The van der Waals surface area contributed by atoms with Gasteiger partial charge >= 0.3 is 5.69 Å². The molecule has 2 aromatic heterocycles. The maximum absolute atomic E-state index is 14.2. The highest BCUT2D eigenvalue weighted by molar-refractivity contribution is 7.90. The molecule has 0 saturated carbocycles. The molecule has 0 bridgehead atoms. The Kier molecular flexibility index (Phi) is 7.25. The molecule has 2 N–H and O–H groups in total. The largest absolute Gasteiger partial charge is 0.331 e. The average molecular weight is 638 g/mol. The van der Waals surface area contributed by atoms with Crippen LogP contribution in [0.3, 0.4) is 0 Å². The number of fused-ring (bicyclic) bond motifs is 3. The first-order valence-electron chi connectivity index (χ1n) is 13.5. The van der Waals surface area contributed by atoms with Crippen molar-refractivity contribution in [3.8, 4) is 11.1 Å². The lowest BCUT2D eigenvalue weighted by Crippen LogP contribution is -2.43. The molecule has 11 nitrogen and oxygen atoms in total. The zero-order chi connectivity index (χ0) is 31.4. The fraction of sp³-hybridized carbons (Fsp3) is 0.233. The number of benzene rings is 2. The second-order valence-corrected chi connectivity index (χ2v) is 13.6. The Balaban J connectivity index is 1.29. The summed E-state index contributed by atoms with van der Waals surface area (Å²) >= 11 is 6.12. The number of pyridine rings is 1. The molecular formula is C30H25ClFN5O6S. The average Bonchev–Trinajstić information content (AvgIpc) is 3.48. The number of nitrogens with one attached hydrogen (secondary N) is 2. The number of carbonyl (C=O) groups excluding carboxylic acids is 2. The molecule has 0 unspecified atom stereocenters. The lowest BCUT2D eigenvalue weighted by Gasteiger charge is -2.20. The van der Waals surface area contributed by atoms with E-state index in [1.165, 1.54) is 12.1 Å². The number of aromatic nitrogens is 3. The molecule has 1 aliphatic carbocycles. The van der Waals surface area contributed by atoms with Gasteiger partial charge in [-0.2, -0.15) is 0 Å². The number of nitrogens with zero attached hydrogens (tertiary/aromatic N) is 3. The predicted molar refractivity (Wildman–Crippen MR) is 162 cm³/mol. The van der Waals surface area contributed by atoms with Gasteiger partial charge in [-0.15, -0.1) is 0 Å². The second kappa shape index (κ2) is 10.8. The van der Waals surface area contributed by atoms with Gasteiger partial charge in [0.25, 0.3) is 5.56 Å². The van der Waals surface area contributed by atoms with E-state index in [0.29, 0.717) is 28.9 Å². The number of amides is 2. The Morgan fingerprint density at radius 3 is 2.64 bits per heavy atom. The summed E-state index contributed by atoms with van der Waals surface area (Å²) in [7, 11) is -3.56. The van der Waals surface area contributed by atoms with Gasteiger partial charge in [-0.3, -0.25) is 23.5 Å². The fourth-order valence-electron chi connectivity index (χ4n) is 5.82. The van der Waals surface area contributed by atoms with Gasteiger partial charge in [0, 0.05) is 42.0 Å². The fourth-order valence-corrected chi connectivity index (χ4v) is 6.56. The highest BCUT2D eigenvalue weighted by Crippen LogP contribution is 2.46. The van der Waals surface area contributed by atoms with E-state index < -0.39 is 57.1 Å². The summed E-state index contributed by atoms with van der Waals surface area (Å²) in [5.41, 5.74) is 0.333. The Labute approximate surface area is 255 Å². The zero-order valence-electron chi connectivity index (χ0n) is 23.3. The predicted octanol–water partition coefficient (Wildman–Crippen LogP) is 2.54. The standard InChI is InChI=1S/C30H25ClFN5O6S/c1-44(42,43)11-10-37-27(39)21(20-4-2-6-23(32)25(20)31)15-36(29(37)41)16-24(38)34-19-8-7-17-13-30(14-18(17)12-19)22-5-3-9-33-26(22)35-28(30)40/h2-9,12,15H,10-11,13-14,16H2,1H3,(H,34,38)(H,33,35,40)/t30-/m1/s1. The number of anilines is 2. The quantitative estimate of drug-likeness (QED) is 0.316. The van der Waals surface area contributed by atoms with Crippen molar-refractivity contribution in [1.82, 2.24) is 14.1 Å². The van der Waals surface area contributed by atoms with Gasteiger partial charge in [-0.1, -0.05) is 35.9 Å². The van der Waals surface area contributed by atoms with Crippen molar-refractivity contribution in [2.45, 2.75) is 31.3 Å². The van der Waals surface area contributed by atoms with Crippen LogP contribution in [0.5, 0.6) is 0 Å². The van der Waals surface area contributed by atoms with Crippen LogP contribution < -0.4 is 21.9 Å². The van der Waals surface area contributed by atoms with Crippen LogP contribution in [0.25, 0.3) is 11.1 Å². The minimum atomic E-state index is -3.56. The third kappa shape index (κ3) is 5.22. The van der Waals surface area contributed by atoms with Crippen LogP contribution in [-0.4, -0.2) is 46.4 Å². The van der Waals surface area contributed by atoms with Crippen molar-refractivity contribution >= 4 is 44.8 Å². The van der Waals surface area contributed by atoms with Crippen molar-refractivity contribution in [2.75, 3.05) is 22.6 Å². The minimum absolute atomic E-state index is 0.0146. The van der Waals surface area contributed by atoms with Crippen LogP contribution in [0.2, 0.25) is 5.02 Å². The van der Waals surface area contributed by atoms with Crippen molar-refractivity contribution in [3.63, 3.8) is 0 Å². The summed E-state index contributed by atoms with van der Waals surface area (Å²) in [6.45, 7) is -1.02. The maximum atomic E-state index is 14.2. The summed E-state index contributed by atoms with van der Waals surface area (Å²) in [4.78, 5) is 57.0. The Hall–Kier alpha value is -4.62.